The molecule has 20 heavy (non-hydrogen) atoms. The van der Waals surface area contributed by atoms with Crippen LogP contribution in [0, 0.1) is 0 Å². The molecule has 0 bridgehead atoms. The molecule has 3 nitrogen and oxygen atoms in total. The van der Waals surface area contributed by atoms with Gasteiger partial charge in [0.05, 0.1) is 0 Å². The molecule has 0 saturated carbocycles. The van der Waals surface area contributed by atoms with Crippen LogP contribution >= 0.6 is 11.6 Å². The highest BCUT2D eigenvalue weighted by atomic mass is 35.5. The van der Waals surface area contributed by atoms with Gasteiger partial charge in [-0.25, -0.2) is 0 Å². The van der Waals surface area contributed by atoms with E-state index in [1.807, 2.05) is 55.6 Å². The van der Waals surface area contributed by atoms with Gasteiger partial charge in [0.15, 0.2) is 0 Å². The molecule has 0 fully saturated rings. The van der Waals surface area contributed by atoms with E-state index in [0.717, 1.165) is 23.6 Å². The molecule has 0 atom stereocenters. The fourth-order valence-corrected chi connectivity index (χ4v) is 2.04. The maximum atomic E-state index is 5.99. The second kappa shape index (κ2) is 7.78. The number of hydrogen-bond acceptors (Lipinski definition) is 3. The van der Waals surface area contributed by atoms with Crippen LogP contribution in [0.5, 0.6) is 11.5 Å². The van der Waals surface area contributed by atoms with Gasteiger partial charge in [0.25, 0.3) is 0 Å². The summed E-state index contributed by atoms with van der Waals surface area (Å²) in [7, 11) is 1.89. The summed E-state index contributed by atoms with van der Waals surface area (Å²) in [6, 6.07) is 15.3. The lowest BCUT2D eigenvalue weighted by Crippen LogP contribution is -2.12. The Bertz CT molecular complexity index is 531. The van der Waals surface area contributed by atoms with Crippen LogP contribution in [-0.4, -0.2) is 20.3 Å². The average molecular weight is 292 g/mol. The van der Waals surface area contributed by atoms with Crippen molar-refractivity contribution in [1.82, 2.24) is 5.32 Å². The number of nitrogens with one attached hydrogen (secondary N) is 1. The summed E-state index contributed by atoms with van der Waals surface area (Å²) in [4.78, 5) is 0. The lowest BCUT2D eigenvalue weighted by Gasteiger charge is -2.12. The summed E-state index contributed by atoms with van der Waals surface area (Å²) in [5.41, 5.74) is 1.04. The molecular weight excluding hydrogens is 274 g/mol. The maximum absolute atomic E-state index is 5.99. The molecule has 4 heteroatoms. The van der Waals surface area contributed by atoms with Crippen LogP contribution in [0.4, 0.5) is 0 Å². The SMILES string of the molecule is CNCc1cc(Cl)ccc1OCCOc1ccccc1. The van der Waals surface area contributed by atoms with Crippen molar-refractivity contribution in [3.63, 3.8) is 0 Å². The third kappa shape index (κ3) is 4.44. The zero-order valence-electron chi connectivity index (χ0n) is 11.4. The van der Waals surface area contributed by atoms with Gasteiger partial charge in [0.1, 0.15) is 24.7 Å². The van der Waals surface area contributed by atoms with Gasteiger partial charge in [0.2, 0.25) is 0 Å². The molecular formula is C16H18ClNO2. The summed E-state index contributed by atoms with van der Waals surface area (Å²) in [5, 5.41) is 3.81. The van der Waals surface area contributed by atoms with Crippen LogP contribution in [0.2, 0.25) is 5.02 Å². The Morgan fingerprint density at radius 3 is 2.50 bits per heavy atom. The molecule has 2 rings (SSSR count). The van der Waals surface area contributed by atoms with E-state index >= 15 is 0 Å². The quantitative estimate of drug-likeness (QED) is 0.792. The van der Waals surface area contributed by atoms with Crippen molar-refractivity contribution in [2.45, 2.75) is 6.54 Å². The van der Waals surface area contributed by atoms with Gasteiger partial charge in [-0.15, -0.1) is 0 Å². The van der Waals surface area contributed by atoms with E-state index < -0.39 is 0 Å². The Labute approximate surface area is 124 Å². The monoisotopic (exact) mass is 291 g/mol. The van der Waals surface area contributed by atoms with Gasteiger partial charge in [-0.1, -0.05) is 29.8 Å². The fraction of sp³-hybridized carbons (Fsp3) is 0.250. The smallest absolute Gasteiger partial charge is 0.124 e. The largest absolute Gasteiger partial charge is 0.490 e. The first-order valence-electron chi connectivity index (χ1n) is 6.53. The first-order valence-corrected chi connectivity index (χ1v) is 6.91. The van der Waals surface area contributed by atoms with Crippen LogP contribution in [0.25, 0.3) is 0 Å². The normalized spacial score (nSPS) is 10.3. The summed E-state index contributed by atoms with van der Waals surface area (Å²) in [6.45, 7) is 1.72. The molecule has 0 aliphatic carbocycles. The molecule has 1 N–H and O–H groups in total. The Morgan fingerprint density at radius 2 is 1.75 bits per heavy atom. The Hall–Kier alpha value is -1.71. The molecule has 0 spiro atoms. The number of ether oxygens (including phenoxy) is 2. The van der Waals surface area contributed by atoms with Crippen molar-refractivity contribution in [1.29, 1.82) is 0 Å². The number of para-hydroxylation sites is 1. The predicted octanol–water partition coefficient (Wildman–Crippen LogP) is 3.52. The number of hydrogen-bond donors (Lipinski definition) is 1. The molecule has 0 aromatic heterocycles. The Kier molecular flexibility index (Phi) is 5.71. The Morgan fingerprint density at radius 1 is 1.00 bits per heavy atom. The highest BCUT2D eigenvalue weighted by Gasteiger charge is 2.04. The number of benzene rings is 2. The van der Waals surface area contributed by atoms with Gasteiger partial charge in [-0.05, 0) is 37.4 Å². The third-order valence-corrected chi connectivity index (χ3v) is 2.98. The molecule has 0 saturated heterocycles. The Balaban J connectivity index is 1.84. The average Bonchev–Trinajstić information content (AvgIpc) is 2.47. The van der Waals surface area contributed by atoms with Gasteiger partial charge in [0, 0.05) is 17.1 Å². The molecule has 0 heterocycles. The van der Waals surface area contributed by atoms with E-state index in [9.17, 15) is 0 Å². The molecule has 0 amide bonds. The maximum Gasteiger partial charge on any atom is 0.124 e. The standard InChI is InChI=1S/C16H18ClNO2/c1-18-12-13-11-14(17)7-8-16(13)20-10-9-19-15-5-3-2-4-6-15/h2-8,11,18H,9-10,12H2,1H3. The molecule has 2 aromatic carbocycles. The minimum atomic E-state index is 0.493. The molecule has 106 valence electrons. The topological polar surface area (TPSA) is 30.5 Å². The summed E-state index contributed by atoms with van der Waals surface area (Å²) in [6.07, 6.45) is 0. The number of rotatable bonds is 7. The lowest BCUT2D eigenvalue weighted by molar-refractivity contribution is 0.216. The van der Waals surface area contributed by atoms with Crippen molar-refractivity contribution in [3.05, 3.63) is 59.1 Å². The predicted molar refractivity (Wildman–Crippen MR) is 81.6 cm³/mol. The van der Waals surface area contributed by atoms with E-state index in [1.165, 1.54) is 0 Å². The second-order valence-electron chi connectivity index (χ2n) is 4.29. The molecule has 0 radical (unpaired) electrons. The highest BCUT2D eigenvalue weighted by molar-refractivity contribution is 6.30. The first-order chi connectivity index (χ1) is 9.79. The third-order valence-electron chi connectivity index (χ3n) is 2.74. The zero-order chi connectivity index (χ0) is 14.2. The van der Waals surface area contributed by atoms with Crippen molar-refractivity contribution < 1.29 is 9.47 Å². The van der Waals surface area contributed by atoms with Crippen molar-refractivity contribution in [2.24, 2.45) is 0 Å². The van der Waals surface area contributed by atoms with Gasteiger partial charge in [-0.3, -0.25) is 0 Å². The summed E-state index contributed by atoms with van der Waals surface area (Å²) < 4.78 is 11.3. The second-order valence-corrected chi connectivity index (χ2v) is 4.73. The van der Waals surface area contributed by atoms with Crippen molar-refractivity contribution >= 4 is 11.6 Å². The first kappa shape index (κ1) is 14.7. The molecule has 0 unspecified atom stereocenters. The van der Waals surface area contributed by atoms with E-state index in [0.29, 0.717) is 18.2 Å². The lowest BCUT2D eigenvalue weighted by atomic mass is 10.2. The van der Waals surface area contributed by atoms with Gasteiger partial charge >= 0.3 is 0 Å². The van der Waals surface area contributed by atoms with Crippen molar-refractivity contribution in [3.8, 4) is 11.5 Å². The van der Waals surface area contributed by atoms with Gasteiger partial charge in [-0.2, -0.15) is 0 Å². The molecule has 2 aromatic rings. The minimum absolute atomic E-state index is 0.493. The molecule has 0 aliphatic rings. The summed E-state index contributed by atoms with van der Waals surface area (Å²) >= 11 is 5.99. The minimum Gasteiger partial charge on any atom is -0.490 e. The van der Waals surface area contributed by atoms with Crippen LogP contribution in [0.15, 0.2) is 48.5 Å². The van der Waals surface area contributed by atoms with Crippen molar-refractivity contribution in [2.75, 3.05) is 20.3 Å². The van der Waals surface area contributed by atoms with E-state index in [4.69, 9.17) is 21.1 Å². The van der Waals surface area contributed by atoms with Crippen LogP contribution in [-0.2, 0) is 6.54 Å². The van der Waals surface area contributed by atoms with Crippen LogP contribution in [0.3, 0.4) is 0 Å². The van der Waals surface area contributed by atoms with E-state index in [2.05, 4.69) is 5.32 Å². The van der Waals surface area contributed by atoms with Crippen LogP contribution < -0.4 is 14.8 Å². The van der Waals surface area contributed by atoms with E-state index in [1.54, 1.807) is 0 Å². The fourth-order valence-electron chi connectivity index (χ4n) is 1.85. The zero-order valence-corrected chi connectivity index (χ0v) is 12.2. The summed E-state index contributed by atoms with van der Waals surface area (Å²) in [5.74, 6) is 1.68. The van der Waals surface area contributed by atoms with Gasteiger partial charge < -0.3 is 14.8 Å². The van der Waals surface area contributed by atoms with Crippen LogP contribution in [0.1, 0.15) is 5.56 Å². The highest BCUT2D eigenvalue weighted by Crippen LogP contribution is 2.22. The molecule has 0 aliphatic heterocycles. The number of halogens is 1. The van der Waals surface area contributed by atoms with E-state index in [-0.39, 0.29) is 0 Å².